The van der Waals surface area contributed by atoms with Crippen LogP contribution < -0.4 is 4.90 Å². The third kappa shape index (κ3) is 2.08. The fourth-order valence-electron chi connectivity index (χ4n) is 2.08. The van der Waals surface area contributed by atoms with Crippen LogP contribution in [-0.4, -0.2) is 35.2 Å². The van der Waals surface area contributed by atoms with Gasteiger partial charge in [-0.1, -0.05) is 16.9 Å². The minimum absolute atomic E-state index is 0.00976. The molecular weight excluding hydrogens is 309 g/mol. The first-order chi connectivity index (χ1) is 10.1. The van der Waals surface area contributed by atoms with Gasteiger partial charge in [-0.25, -0.2) is 8.78 Å². The molecule has 2 heterocycles. The van der Waals surface area contributed by atoms with E-state index in [1.54, 1.807) is 0 Å². The zero-order valence-corrected chi connectivity index (χ0v) is 11.1. The Morgan fingerprint density at radius 3 is 2.86 bits per heavy atom. The standard InChI is InChI=1S/C12H7F3N2O3S/c13-2-6-3-17(12(19)21-6)11-7-1-5(4-18)8(14)9(15)10(7)20-16-11/h1,4,6H,2-3H2. The second-order valence-corrected chi connectivity index (χ2v) is 5.62. The Balaban J connectivity index is 2.14. The average Bonchev–Trinajstić information content (AvgIpc) is 3.05. The van der Waals surface area contributed by atoms with Crippen molar-refractivity contribution in [3.8, 4) is 0 Å². The lowest BCUT2D eigenvalue weighted by molar-refractivity contribution is 0.111. The second-order valence-electron chi connectivity index (χ2n) is 4.37. The molecule has 0 spiro atoms. The van der Waals surface area contributed by atoms with Gasteiger partial charge < -0.3 is 4.52 Å². The van der Waals surface area contributed by atoms with Gasteiger partial charge in [0.2, 0.25) is 11.4 Å². The molecule has 1 aliphatic rings. The number of fused-ring (bicyclic) bond motifs is 1. The zero-order valence-electron chi connectivity index (χ0n) is 10.3. The summed E-state index contributed by atoms with van der Waals surface area (Å²) in [7, 11) is 0. The topological polar surface area (TPSA) is 63.4 Å². The van der Waals surface area contributed by atoms with Gasteiger partial charge in [0.05, 0.1) is 16.2 Å². The molecule has 5 nitrogen and oxygen atoms in total. The summed E-state index contributed by atoms with van der Waals surface area (Å²) in [6.07, 6.45) is 0.152. The number of anilines is 1. The number of alkyl halides is 1. The maximum atomic E-state index is 13.7. The highest BCUT2D eigenvalue weighted by atomic mass is 32.2. The fourth-order valence-corrected chi connectivity index (χ4v) is 2.94. The number of amides is 1. The van der Waals surface area contributed by atoms with Crippen molar-refractivity contribution in [2.75, 3.05) is 18.1 Å². The van der Waals surface area contributed by atoms with Gasteiger partial charge in [-0.15, -0.1) is 0 Å². The Bertz CT molecular complexity index is 749. The highest BCUT2D eigenvalue weighted by Gasteiger charge is 2.35. The smallest absolute Gasteiger partial charge is 0.287 e. The second kappa shape index (κ2) is 5.06. The van der Waals surface area contributed by atoms with Crippen molar-refractivity contribution in [1.29, 1.82) is 0 Å². The van der Waals surface area contributed by atoms with Crippen LogP contribution in [0.3, 0.4) is 0 Å². The Morgan fingerprint density at radius 1 is 1.48 bits per heavy atom. The van der Waals surface area contributed by atoms with Crippen LogP contribution in [0, 0.1) is 11.6 Å². The van der Waals surface area contributed by atoms with Gasteiger partial charge in [0, 0.05) is 6.54 Å². The van der Waals surface area contributed by atoms with Gasteiger partial charge in [0.1, 0.15) is 6.67 Å². The quantitative estimate of drug-likeness (QED) is 0.815. The number of carbonyl (C=O) groups is 2. The molecule has 21 heavy (non-hydrogen) atoms. The van der Waals surface area contributed by atoms with Crippen molar-refractivity contribution in [2.24, 2.45) is 0 Å². The molecule has 3 rings (SSSR count). The maximum Gasteiger partial charge on any atom is 0.287 e. The SMILES string of the molecule is O=Cc1cc2c(N3CC(CF)SC3=O)noc2c(F)c1F. The zero-order chi connectivity index (χ0) is 15.1. The number of halogens is 3. The highest BCUT2D eigenvalue weighted by Crippen LogP contribution is 2.36. The van der Waals surface area contributed by atoms with Gasteiger partial charge in [0.25, 0.3) is 5.24 Å². The summed E-state index contributed by atoms with van der Waals surface area (Å²) in [6, 6.07) is 1.05. The minimum Gasteiger partial charge on any atom is -0.351 e. The molecule has 2 aromatic rings. The molecular formula is C12H7F3N2O3S. The first-order valence-corrected chi connectivity index (χ1v) is 6.71. The Morgan fingerprint density at radius 2 is 2.24 bits per heavy atom. The van der Waals surface area contributed by atoms with Gasteiger partial charge in [0.15, 0.2) is 17.9 Å². The van der Waals surface area contributed by atoms with Crippen molar-refractivity contribution in [1.82, 2.24) is 5.16 Å². The highest BCUT2D eigenvalue weighted by molar-refractivity contribution is 8.14. The van der Waals surface area contributed by atoms with Crippen LogP contribution in [0.2, 0.25) is 0 Å². The van der Waals surface area contributed by atoms with Gasteiger partial charge >= 0.3 is 0 Å². The van der Waals surface area contributed by atoms with E-state index in [2.05, 4.69) is 5.16 Å². The predicted molar refractivity (Wildman–Crippen MR) is 69.4 cm³/mol. The van der Waals surface area contributed by atoms with Crippen molar-refractivity contribution in [3.05, 3.63) is 23.3 Å². The number of aldehydes is 1. The van der Waals surface area contributed by atoms with Crippen LogP contribution in [0.25, 0.3) is 11.0 Å². The summed E-state index contributed by atoms with van der Waals surface area (Å²) in [4.78, 5) is 23.7. The molecule has 0 bridgehead atoms. The molecule has 0 radical (unpaired) electrons. The first-order valence-electron chi connectivity index (χ1n) is 5.83. The number of aromatic nitrogens is 1. The third-order valence-electron chi connectivity index (χ3n) is 3.08. The fraction of sp³-hybridized carbons (Fsp3) is 0.250. The maximum absolute atomic E-state index is 13.7. The summed E-state index contributed by atoms with van der Waals surface area (Å²) in [5, 5.41) is 2.51. The molecule has 1 unspecified atom stereocenters. The Labute approximate surface area is 120 Å². The number of hydrogen-bond donors (Lipinski definition) is 0. The minimum atomic E-state index is -1.35. The number of hydrogen-bond acceptors (Lipinski definition) is 5. The number of thioether (sulfide) groups is 1. The van der Waals surface area contributed by atoms with Crippen LogP contribution in [0.5, 0.6) is 0 Å². The molecule has 0 saturated carbocycles. The van der Waals surface area contributed by atoms with Gasteiger partial charge in [-0.2, -0.15) is 4.39 Å². The number of carbonyl (C=O) groups excluding carboxylic acids is 2. The molecule has 110 valence electrons. The summed E-state index contributed by atoms with van der Waals surface area (Å²) < 4.78 is 44.6. The van der Waals surface area contributed by atoms with E-state index in [-0.39, 0.29) is 24.0 Å². The number of rotatable bonds is 3. The summed E-state index contributed by atoms with van der Waals surface area (Å²) in [5.41, 5.74) is -1.000. The van der Waals surface area contributed by atoms with E-state index in [1.807, 2.05) is 0 Å². The molecule has 1 fully saturated rings. The summed E-state index contributed by atoms with van der Waals surface area (Å²) in [5.74, 6) is -2.75. The van der Waals surface area contributed by atoms with E-state index in [9.17, 15) is 22.8 Å². The molecule has 0 aliphatic carbocycles. The van der Waals surface area contributed by atoms with E-state index >= 15 is 0 Å². The van der Waals surface area contributed by atoms with Crippen molar-refractivity contribution < 1.29 is 27.3 Å². The lowest BCUT2D eigenvalue weighted by Crippen LogP contribution is -2.25. The lowest BCUT2D eigenvalue weighted by Gasteiger charge is -2.11. The molecule has 0 N–H and O–H groups in total. The lowest BCUT2D eigenvalue weighted by atomic mass is 10.1. The molecule has 9 heteroatoms. The molecule has 1 aromatic carbocycles. The summed E-state index contributed by atoms with van der Waals surface area (Å²) in [6.45, 7) is -0.664. The summed E-state index contributed by atoms with van der Waals surface area (Å²) >= 11 is 0.791. The van der Waals surface area contributed by atoms with Crippen molar-refractivity contribution in [3.63, 3.8) is 0 Å². The number of nitrogens with zero attached hydrogens (tertiary/aromatic N) is 2. The van der Waals surface area contributed by atoms with Crippen molar-refractivity contribution in [2.45, 2.75) is 5.25 Å². The normalized spacial score (nSPS) is 18.7. The van der Waals surface area contributed by atoms with E-state index < -0.39 is 39.9 Å². The third-order valence-corrected chi connectivity index (χ3v) is 4.11. The molecule has 1 saturated heterocycles. The van der Waals surface area contributed by atoms with Gasteiger partial charge in [-0.05, 0) is 6.07 Å². The van der Waals surface area contributed by atoms with E-state index in [0.717, 1.165) is 22.7 Å². The largest absolute Gasteiger partial charge is 0.351 e. The van der Waals surface area contributed by atoms with Crippen LogP contribution >= 0.6 is 11.8 Å². The van der Waals surface area contributed by atoms with Crippen LogP contribution in [0.15, 0.2) is 10.6 Å². The average molecular weight is 316 g/mol. The van der Waals surface area contributed by atoms with E-state index in [4.69, 9.17) is 4.52 Å². The van der Waals surface area contributed by atoms with Crippen LogP contribution in [0.4, 0.5) is 23.8 Å². The van der Waals surface area contributed by atoms with Gasteiger partial charge in [-0.3, -0.25) is 14.5 Å². The Hall–Kier alpha value is -2.03. The number of benzene rings is 1. The Kier molecular flexibility index (Phi) is 3.36. The van der Waals surface area contributed by atoms with Crippen molar-refractivity contribution >= 4 is 40.1 Å². The molecule has 1 aliphatic heterocycles. The van der Waals surface area contributed by atoms with Crippen LogP contribution in [0.1, 0.15) is 10.4 Å². The van der Waals surface area contributed by atoms with Crippen LogP contribution in [-0.2, 0) is 0 Å². The molecule has 1 atom stereocenters. The molecule has 1 amide bonds. The first kappa shape index (κ1) is 13.9. The monoisotopic (exact) mass is 316 g/mol. The predicted octanol–water partition coefficient (Wildman–Crippen LogP) is 2.93. The van der Waals surface area contributed by atoms with E-state index in [0.29, 0.717) is 0 Å². The molecule has 1 aromatic heterocycles. The van der Waals surface area contributed by atoms with E-state index in [1.165, 1.54) is 0 Å².